The van der Waals surface area contributed by atoms with E-state index in [1.807, 2.05) is 66.7 Å². The van der Waals surface area contributed by atoms with Crippen LogP contribution < -0.4 is 0 Å². The molecule has 0 amide bonds. The molecule has 0 bridgehead atoms. The van der Waals surface area contributed by atoms with Crippen molar-refractivity contribution in [1.29, 1.82) is 5.26 Å². The molecule has 3 heteroatoms. The molecule has 0 unspecified atom stereocenters. The number of hydrogen-bond acceptors (Lipinski definition) is 1. The molecular formula is C43H21N3. The first-order chi connectivity index (χ1) is 22.7. The maximum Gasteiger partial charge on any atom is 0.194 e. The van der Waals surface area contributed by atoms with E-state index in [0.717, 1.165) is 54.6 Å². The van der Waals surface area contributed by atoms with Crippen LogP contribution in [-0.2, 0) is 0 Å². The Morgan fingerprint density at radius 1 is 0.435 bits per heavy atom. The van der Waals surface area contributed by atoms with Gasteiger partial charge in [0.25, 0.3) is 0 Å². The predicted molar refractivity (Wildman–Crippen MR) is 189 cm³/mol. The largest absolute Gasteiger partial charge is 0.238 e. The van der Waals surface area contributed by atoms with E-state index in [0.29, 0.717) is 16.9 Å². The maximum absolute atomic E-state index is 10.1. The highest BCUT2D eigenvalue weighted by Crippen LogP contribution is 2.52. The highest BCUT2D eigenvalue weighted by molar-refractivity contribution is 6.27. The van der Waals surface area contributed by atoms with Crippen LogP contribution in [0.4, 0.5) is 11.4 Å². The molecule has 0 saturated heterocycles. The van der Waals surface area contributed by atoms with Gasteiger partial charge < -0.3 is 0 Å². The van der Waals surface area contributed by atoms with E-state index < -0.39 is 0 Å². The van der Waals surface area contributed by atoms with Gasteiger partial charge in [0.1, 0.15) is 0 Å². The van der Waals surface area contributed by atoms with Crippen molar-refractivity contribution in [1.82, 2.24) is 0 Å². The van der Waals surface area contributed by atoms with Gasteiger partial charge in [-0.05, 0) is 118 Å². The second-order valence-corrected chi connectivity index (χ2v) is 11.7. The summed E-state index contributed by atoms with van der Waals surface area (Å²) in [5.41, 5.74) is 10.2. The monoisotopic (exact) mass is 579 g/mol. The zero-order valence-electron chi connectivity index (χ0n) is 24.5. The zero-order valence-corrected chi connectivity index (χ0v) is 24.5. The molecule has 8 aromatic carbocycles. The van der Waals surface area contributed by atoms with Crippen LogP contribution in [0.3, 0.4) is 0 Å². The molecule has 0 saturated carbocycles. The molecule has 8 aromatic rings. The molecule has 0 N–H and O–H groups in total. The Balaban J connectivity index is 1.51. The van der Waals surface area contributed by atoms with Crippen LogP contribution >= 0.6 is 0 Å². The van der Waals surface area contributed by atoms with Gasteiger partial charge in [-0.3, -0.25) is 0 Å². The van der Waals surface area contributed by atoms with Crippen LogP contribution in [0.2, 0.25) is 0 Å². The van der Waals surface area contributed by atoms with E-state index in [-0.39, 0.29) is 0 Å². The van der Waals surface area contributed by atoms with Gasteiger partial charge >= 0.3 is 0 Å². The minimum absolute atomic E-state index is 0.547. The van der Waals surface area contributed by atoms with Gasteiger partial charge in [0, 0.05) is 5.56 Å². The molecule has 9 rings (SSSR count). The summed E-state index contributed by atoms with van der Waals surface area (Å²) in [4.78, 5) is 7.66. The van der Waals surface area contributed by atoms with Crippen LogP contribution in [0.5, 0.6) is 0 Å². The number of fused-ring (bicyclic) bond motifs is 8. The molecule has 0 aliphatic heterocycles. The number of nitrogens with zero attached hydrogens (tertiary/aromatic N) is 3. The number of rotatable bonds is 2. The van der Waals surface area contributed by atoms with E-state index in [9.17, 15) is 5.26 Å². The van der Waals surface area contributed by atoms with Crippen LogP contribution in [0.1, 0.15) is 5.56 Å². The van der Waals surface area contributed by atoms with Crippen LogP contribution in [0.25, 0.3) is 97.3 Å². The summed E-state index contributed by atoms with van der Waals surface area (Å²) >= 11 is 0. The lowest BCUT2D eigenvalue weighted by molar-refractivity contribution is 1.48. The molecular weight excluding hydrogens is 558 g/mol. The van der Waals surface area contributed by atoms with Gasteiger partial charge in [-0.1, -0.05) is 91.0 Å². The standard InChI is InChI=1S/C43H21N3/c1-45-27-17-18-29-33(19-27)34(28-12-4-3-9-26(28)24-44)20-39-35(29)21-36(30-13-5-6-16-42(30)46-2)40-22-37-31-14-7-10-25-11-8-15-32(43(25)31)38(37)23-41(39)40/h3-23H. The fraction of sp³-hybridized carbons (Fsp3) is 0. The van der Waals surface area contributed by atoms with E-state index in [1.165, 1.54) is 33.0 Å². The molecule has 0 atom stereocenters. The number of benzene rings is 8. The Labute approximate surface area is 265 Å². The molecule has 46 heavy (non-hydrogen) atoms. The van der Waals surface area contributed by atoms with Gasteiger partial charge in [-0.25, -0.2) is 9.69 Å². The average molecular weight is 580 g/mol. The highest BCUT2D eigenvalue weighted by atomic mass is 14.6. The average Bonchev–Trinajstić information content (AvgIpc) is 3.43. The SMILES string of the molecule is [C-]#[N+]c1ccc2c(c1)c(-c1ccccc1C#N)cc1c3cc4c(cc3c(-c3ccccc3[N+]#[C-])cc21)-c1cccc2cccc-4c12. The second kappa shape index (κ2) is 9.64. The topological polar surface area (TPSA) is 32.5 Å². The smallest absolute Gasteiger partial charge is 0.194 e. The molecule has 1 aliphatic carbocycles. The lowest BCUT2D eigenvalue weighted by Crippen LogP contribution is -1.92. The van der Waals surface area contributed by atoms with E-state index in [2.05, 4.69) is 76.4 Å². The van der Waals surface area contributed by atoms with Crippen molar-refractivity contribution in [3.63, 3.8) is 0 Å². The summed E-state index contributed by atoms with van der Waals surface area (Å²) in [6.07, 6.45) is 0. The summed E-state index contributed by atoms with van der Waals surface area (Å²) in [7, 11) is 0. The molecule has 0 aromatic heterocycles. The van der Waals surface area contributed by atoms with Gasteiger partial charge in [0.05, 0.1) is 24.8 Å². The lowest BCUT2D eigenvalue weighted by Gasteiger charge is -2.18. The molecule has 3 nitrogen and oxygen atoms in total. The van der Waals surface area contributed by atoms with Gasteiger partial charge in [-0.2, -0.15) is 5.26 Å². The normalized spacial score (nSPS) is 11.4. The minimum Gasteiger partial charge on any atom is -0.238 e. The molecule has 0 spiro atoms. The molecule has 208 valence electrons. The Hall–Kier alpha value is -6.73. The molecule has 1 aliphatic rings. The van der Waals surface area contributed by atoms with E-state index >= 15 is 0 Å². The number of nitriles is 1. The second-order valence-electron chi connectivity index (χ2n) is 11.7. The first-order valence-electron chi connectivity index (χ1n) is 15.1. The summed E-state index contributed by atoms with van der Waals surface area (Å²) < 4.78 is 0. The lowest BCUT2D eigenvalue weighted by atomic mass is 9.85. The molecule has 0 heterocycles. The Kier molecular flexibility index (Phi) is 5.39. The van der Waals surface area contributed by atoms with Crippen LogP contribution in [0, 0.1) is 24.5 Å². The van der Waals surface area contributed by atoms with Crippen molar-refractivity contribution in [3.8, 4) is 50.6 Å². The van der Waals surface area contributed by atoms with Crippen LogP contribution in [0.15, 0.2) is 127 Å². The summed E-state index contributed by atoms with van der Waals surface area (Å²) in [6.45, 7) is 15.8. The highest BCUT2D eigenvalue weighted by Gasteiger charge is 2.24. The van der Waals surface area contributed by atoms with Crippen molar-refractivity contribution >= 4 is 54.5 Å². The van der Waals surface area contributed by atoms with Crippen molar-refractivity contribution in [2.24, 2.45) is 0 Å². The predicted octanol–water partition coefficient (Wildman–Crippen LogP) is 12.3. The molecule has 0 radical (unpaired) electrons. The number of para-hydroxylation sites is 1. The third-order valence-electron chi connectivity index (χ3n) is 9.46. The molecule has 0 fully saturated rings. The van der Waals surface area contributed by atoms with Gasteiger partial charge in [-0.15, -0.1) is 0 Å². The minimum atomic E-state index is 0.547. The van der Waals surface area contributed by atoms with Gasteiger partial charge in [0.2, 0.25) is 0 Å². The fourth-order valence-electron chi connectivity index (χ4n) is 7.45. The Morgan fingerprint density at radius 3 is 1.72 bits per heavy atom. The summed E-state index contributed by atoms with van der Waals surface area (Å²) in [6, 6.07) is 45.8. The Bertz CT molecular complexity index is 2780. The van der Waals surface area contributed by atoms with Gasteiger partial charge in [0.15, 0.2) is 11.4 Å². The van der Waals surface area contributed by atoms with Crippen LogP contribution in [-0.4, -0.2) is 0 Å². The van der Waals surface area contributed by atoms with E-state index in [4.69, 9.17) is 13.1 Å². The summed E-state index contributed by atoms with van der Waals surface area (Å²) in [5.74, 6) is 0. The first-order valence-corrected chi connectivity index (χ1v) is 15.1. The van der Waals surface area contributed by atoms with E-state index in [1.54, 1.807) is 0 Å². The first kappa shape index (κ1) is 25.7. The van der Waals surface area contributed by atoms with Crippen molar-refractivity contribution in [2.75, 3.05) is 0 Å². The third kappa shape index (κ3) is 3.51. The zero-order chi connectivity index (χ0) is 30.9. The fourth-order valence-corrected chi connectivity index (χ4v) is 7.45. The summed E-state index contributed by atoms with van der Waals surface area (Å²) in [5, 5.41) is 18.8. The quantitative estimate of drug-likeness (QED) is 0.148. The van der Waals surface area contributed by atoms with Crippen molar-refractivity contribution in [2.45, 2.75) is 0 Å². The maximum atomic E-state index is 10.1. The Morgan fingerprint density at radius 2 is 1.00 bits per heavy atom. The third-order valence-corrected chi connectivity index (χ3v) is 9.46. The van der Waals surface area contributed by atoms with Crippen molar-refractivity contribution < 1.29 is 0 Å². The van der Waals surface area contributed by atoms with Crippen molar-refractivity contribution in [3.05, 3.63) is 156 Å². The number of hydrogen-bond donors (Lipinski definition) is 0.